The summed E-state index contributed by atoms with van der Waals surface area (Å²) in [6.07, 6.45) is 8.87. The summed E-state index contributed by atoms with van der Waals surface area (Å²) in [7, 11) is 1.87. The van der Waals surface area contributed by atoms with Crippen LogP contribution in [0.4, 0.5) is 5.82 Å². The number of rotatable bonds is 7. The van der Waals surface area contributed by atoms with Crippen LogP contribution in [0.3, 0.4) is 0 Å². The van der Waals surface area contributed by atoms with Crippen LogP contribution >= 0.6 is 0 Å². The number of pyridine rings is 1. The molecule has 1 aliphatic rings. The topological polar surface area (TPSA) is 71.0 Å². The van der Waals surface area contributed by atoms with Crippen LogP contribution in [0.25, 0.3) is 22.0 Å². The van der Waals surface area contributed by atoms with E-state index < -0.39 is 0 Å². The van der Waals surface area contributed by atoms with Gasteiger partial charge in [-0.15, -0.1) is 0 Å². The van der Waals surface area contributed by atoms with Crippen LogP contribution in [-0.2, 0) is 17.9 Å². The smallest absolute Gasteiger partial charge is 0.226 e. The van der Waals surface area contributed by atoms with Crippen LogP contribution in [-0.4, -0.2) is 32.8 Å². The fourth-order valence-electron chi connectivity index (χ4n) is 5.01. The Kier molecular flexibility index (Phi) is 6.98. The fourth-order valence-corrected chi connectivity index (χ4v) is 5.01. The Morgan fingerprint density at radius 3 is 2.57 bits per heavy atom. The summed E-state index contributed by atoms with van der Waals surface area (Å²) in [5.41, 5.74) is 5.14. The van der Waals surface area contributed by atoms with Crippen molar-refractivity contribution in [1.82, 2.24) is 19.9 Å². The van der Waals surface area contributed by atoms with E-state index in [0.717, 1.165) is 64.8 Å². The van der Waals surface area contributed by atoms with Crippen molar-refractivity contribution in [1.29, 1.82) is 0 Å². The van der Waals surface area contributed by atoms with Crippen molar-refractivity contribution in [2.45, 2.75) is 45.2 Å². The van der Waals surface area contributed by atoms with Gasteiger partial charge < -0.3 is 10.2 Å². The van der Waals surface area contributed by atoms with Crippen LogP contribution in [0.2, 0.25) is 0 Å². The van der Waals surface area contributed by atoms with E-state index in [9.17, 15) is 4.79 Å². The van der Waals surface area contributed by atoms with Crippen molar-refractivity contribution in [2.75, 3.05) is 12.4 Å². The molecule has 0 unspecified atom stereocenters. The van der Waals surface area contributed by atoms with Crippen molar-refractivity contribution < 1.29 is 4.79 Å². The highest BCUT2D eigenvalue weighted by Gasteiger charge is 2.26. The molecular formula is C29H31N5O. The van der Waals surface area contributed by atoms with Crippen molar-refractivity contribution in [3.63, 3.8) is 0 Å². The molecule has 1 N–H and O–H groups in total. The zero-order chi connectivity index (χ0) is 24.0. The molecule has 0 bridgehead atoms. The van der Waals surface area contributed by atoms with Gasteiger partial charge in [0, 0.05) is 31.1 Å². The molecule has 178 valence electrons. The molecule has 0 spiro atoms. The van der Waals surface area contributed by atoms with Crippen molar-refractivity contribution >= 4 is 22.6 Å². The van der Waals surface area contributed by atoms with Gasteiger partial charge in [0.05, 0.1) is 17.8 Å². The Morgan fingerprint density at radius 2 is 1.77 bits per heavy atom. The molecule has 1 aliphatic carbocycles. The van der Waals surface area contributed by atoms with E-state index in [2.05, 4.69) is 56.7 Å². The van der Waals surface area contributed by atoms with E-state index in [4.69, 9.17) is 0 Å². The number of nitrogens with one attached hydrogen (secondary N) is 1. The monoisotopic (exact) mass is 465 g/mol. The van der Waals surface area contributed by atoms with Gasteiger partial charge in [-0.2, -0.15) is 0 Å². The Bertz CT molecular complexity index is 1300. The molecule has 2 heterocycles. The lowest BCUT2D eigenvalue weighted by Crippen LogP contribution is -2.36. The maximum absolute atomic E-state index is 13.6. The number of aromatic nitrogens is 3. The number of hydrogen-bond donors (Lipinski definition) is 1. The van der Waals surface area contributed by atoms with E-state index in [0.29, 0.717) is 13.1 Å². The first-order valence-corrected chi connectivity index (χ1v) is 12.4. The Labute approximate surface area is 206 Å². The molecule has 0 atom stereocenters. The first kappa shape index (κ1) is 23.0. The number of fused-ring (bicyclic) bond motifs is 1. The summed E-state index contributed by atoms with van der Waals surface area (Å²) >= 11 is 0. The number of nitrogens with zero attached hydrogens (tertiary/aromatic N) is 4. The third kappa shape index (κ3) is 5.32. The molecule has 2 aromatic heterocycles. The Balaban J connectivity index is 1.43. The highest BCUT2D eigenvalue weighted by molar-refractivity contribution is 5.92. The minimum atomic E-state index is 0.121. The average molecular weight is 466 g/mol. The second-order valence-corrected chi connectivity index (χ2v) is 9.25. The quantitative estimate of drug-likeness (QED) is 0.371. The van der Waals surface area contributed by atoms with E-state index in [1.807, 2.05) is 36.2 Å². The molecule has 0 radical (unpaired) electrons. The zero-order valence-electron chi connectivity index (χ0n) is 20.2. The summed E-state index contributed by atoms with van der Waals surface area (Å²) < 4.78 is 0. The lowest BCUT2D eigenvalue weighted by atomic mass is 9.88. The van der Waals surface area contributed by atoms with E-state index in [1.165, 1.54) is 6.42 Å². The highest BCUT2D eigenvalue weighted by Crippen LogP contribution is 2.29. The number of amides is 1. The minimum absolute atomic E-state index is 0.121. The van der Waals surface area contributed by atoms with Crippen LogP contribution in [0.1, 0.15) is 43.4 Å². The van der Waals surface area contributed by atoms with Crippen LogP contribution < -0.4 is 5.32 Å². The van der Waals surface area contributed by atoms with Gasteiger partial charge in [-0.1, -0.05) is 49.6 Å². The lowest BCUT2D eigenvalue weighted by molar-refractivity contribution is -0.138. The molecule has 1 fully saturated rings. The van der Waals surface area contributed by atoms with E-state index in [1.54, 1.807) is 12.5 Å². The van der Waals surface area contributed by atoms with Gasteiger partial charge >= 0.3 is 0 Å². The summed E-state index contributed by atoms with van der Waals surface area (Å²) in [6, 6.07) is 20.6. The molecule has 0 aliphatic heterocycles. The van der Waals surface area contributed by atoms with Crippen molar-refractivity contribution in [3.8, 4) is 11.1 Å². The molecule has 35 heavy (non-hydrogen) atoms. The normalized spacial score (nSPS) is 14.1. The van der Waals surface area contributed by atoms with Crippen molar-refractivity contribution in [2.24, 2.45) is 5.92 Å². The predicted molar refractivity (Wildman–Crippen MR) is 140 cm³/mol. The summed E-state index contributed by atoms with van der Waals surface area (Å²) in [5, 5.41) is 4.14. The Morgan fingerprint density at radius 1 is 0.914 bits per heavy atom. The zero-order valence-corrected chi connectivity index (χ0v) is 20.2. The van der Waals surface area contributed by atoms with Gasteiger partial charge in [0.2, 0.25) is 5.91 Å². The Hall–Kier alpha value is -3.80. The molecule has 1 saturated carbocycles. The molecule has 5 rings (SSSR count). The molecule has 1 amide bonds. The van der Waals surface area contributed by atoms with Gasteiger partial charge in [-0.3, -0.25) is 9.78 Å². The molecule has 2 aromatic carbocycles. The van der Waals surface area contributed by atoms with E-state index in [-0.39, 0.29) is 11.8 Å². The van der Waals surface area contributed by atoms with Crippen LogP contribution in [0.15, 0.2) is 73.2 Å². The third-order valence-corrected chi connectivity index (χ3v) is 6.85. The predicted octanol–water partition coefficient (Wildman–Crippen LogP) is 5.84. The average Bonchev–Trinajstić information content (AvgIpc) is 2.93. The van der Waals surface area contributed by atoms with Crippen LogP contribution in [0, 0.1) is 5.92 Å². The first-order chi connectivity index (χ1) is 17.2. The molecular weight excluding hydrogens is 434 g/mol. The molecule has 0 saturated heterocycles. The van der Waals surface area contributed by atoms with Gasteiger partial charge in [0.1, 0.15) is 12.1 Å². The van der Waals surface area contributed by atoms with Gasteiger partial charge in [-0.25, -0.2) is 9.97 Å². The molecule has 6 nitrogen and oxygen atoms in total. The second-order valence-electron chi connectivity index (χ2n) is 9.25. The van der Waals surface area contributed by atoms with Crippen LogP contribution in [0.5, 0.6) is 0 Å². The van der Waals surface area contributed by atoms with E-state index >= 15 is 0 Å². The lowest BCUT2D eigenvalue weighted by Gasteiger charge is -2.29. The van der Waals surface area contributed by atoms with Gasteiger partial charge in [0.15, 0.2) is 0 Å². The number of anilines is 1. The summed E-state index contributed by atoms with van der Waals surface area (Å²) in [5.74, 6) is 1.19. The number of benzene rings is 2. The molecule has 6 heteroatoms. The number of carbonyl (C=O) groups is 1. The minimum Gasteiger partial charge on any atom is -0.373 e. The fraction of sp³-hybridized carbons (Fsp3) is 0.310. The summed E-state index contributed by atoms with van der Waals surface area (Å²) in [4.78, 5) is 28.8. The largest absolute Gasteiger partial charge is 0.373 e. The summed E-state index contributed by atoms with van der Waals surface area (Å²) in [6.45, 7) is 1.09. The number of hydrogen-bond acceptors (Lipinski definition) is 5. The maximum atomic E-state index is 13.6. The highest BCUT2D eigenvalue weighted by atomic mass is 16.2. The standard InChI is InChI=1S/C29H31N5O/c1-30-28-26-17-24(13-14-27(26)32-20-33-28)23-11-7-8-21(16-23)18-34(19-25-12-5-6-15-31-25)29(35)22-9-3-2-4-10-22/h5-8,11-17,20,22H,2-4,9-10,18-19H2,1H3,(H,30,32,33). The van der Waals surface area contributed by atoms with Gasteiger partial charge in [0.25, 0.3) is 0 Å². The number of carbonyl (C=O) groups excluding carboxylic acids is 1. The van der Waals surface area contributed by atoms with Crippen molar-refractivity contribution in [3.05, 3.63) is 84.4 Å². The SMILES string of the molecule is CNc1ncnc2ccc(-c3cccc(CN(Cc4ccccn4)C(=O)C4CCCCC4)c3)cc12. The third-order valence-electron chi connectivity index (χ3n) is 6.85. The van der Waals surface area contributed by atoms with Gasteiger partial charge in [-0.05, 0) is 59.9 Å². The first-order valence-electron chi connectivity index (χ1n) is 12.4. The molecule has 4 aromatic rings. The second kappa shape index (κ2) is 10.6. The maximum Gasteiger partial charge on any atom is 0.226 e.